The first-order chi connectivity index (χ1) is 14.5. The van der Waals surface area contributed by atoms with Crippen LogP contribution in [0.3, 0.4) is 0 Å². The number of nitrogens with zero attached hydrogens (tertiary/aromatic N) is 2. The maximum Gasteiger partial charge on any atom is 0.282 e. The summed E-state index contributed by atoms with van der Waals surface area (Å²) in [4.78, 5) is 43.7. The number of carbonyl (C=O) groups is 3. The lowest BCUT2D eigenvalue weighted by atomic mass is 9.97. The average Bonchev–Trinajstić information content (AvgIpc) is 3.31. The fourth-order valence-corrected chi connectivity index (χ4v) is 3.71. The molecule has 0 spiro atoms. The van der Waals surface area contributed by atoms with Crippen LogP contribution in [0, 0.1) is 0 Å². The Balaban J connectivity index is 1.54. The SMILES string of the molecule is CC(C)c1nc2ccccc2c2c1C(=O)N(NC(=O)c1ccc3c(c1)OCO3)C2=O. The Hall–Kier alpha value is -3.94. The van der Waals surface area contributed by atoms with Gasteiger partial charge in [-0.2, -0.15) is 5.01 Å². The maximum atomic E-state index is 13.2. The van der Waals surface area contributed by atoms with Crippen molar-refractivity contribution in [1.29, 1.82) is 0 Å². The number of benzene rings is 2. The molecule has 2 aromatic carbocycles. The number of ether oxygens (including phenoxy) is 2. The van der Waals surface area contributed by atoms with Crippen molar-refractivity contribution < 1.29 is 23.9 Å². The molecule has 3 heterocycles. The van der Waals surface area contributed by atoms with E-state index in [0.717, 1.165) is 5.01 Å². The average molecular weight is 403 g/mol. The van der Waals surface area contributed by atoms with Crippen LogP contribution < -0.4 is 14.9 Å². The number of aromatic nitrogens is 1. The zero-order valence-corrected chi connectivity index (χ0v) is 16.3. The Morgan fingerprint density at radius 3 is 2.57 bits per heavy atom. The van der Waals surface area contributed by atoms with Gasteiger partial charge in [0.25, 0.3) is 17.7 Å². The van der Waals surface area contributed by atoms with Crippen LogP contribution in [-0.2, 0) is 0 Å². The number of para-hydroxylation sites is 1. The van der Waals surface area contributed by atoms with Gasteiger partial charge in [0.15, 0.2) is 11.5 Å². The van der Waals surface area contributed by atoms with Crippen LogP contribution in [0.4, 0.5) is 0 Å². The van der Waals surface area contributed by atoms with Gasteiger partial charge < -0.3 is 9.47 Å². The summed E-state index contributed by atoms with van der Waals surface area (Å²) in [5, 5.41) is 1.34. The third kappa shape index (κ3) is 2.61. The molecule has 8 heteroatoms. The van der Waals surface area contributed by atoms with Crippen molar-refractivity contribution >= 4 is 28.6 Å². The monoisotopic (exact) mass is 403 g/mol. The number of hydrogen-bond acceptors (Lipinski definition) is 6. The summed E-state index contributed by atoms with van der Waals surface area (Å²) in [6.07, 6.45) is 0. The molecule has 1 N–H and O–H groups in total. The molecule has 0 saturated heterocycles. The summed E-state index contributed by atoms with van der Waals surface area (Å²) in [6.45, 7) is 3.89. The molecular weight excluding hydrogens is 386 g/mol. The van der Waals surface area contributed by atoms with Gasteiger partial charge in [-0.15, -0.1) is 0 Å². The molecule has 0 radical (unpaired) electrons. The largest absolute Gasteiger partial charge is 0.454 e. The highest BCUT2D eigenvalue weighted by Gasteiger charge is 2.41. The number of hydrazine groups is 1. The second-order valence-electron chi connectivity index (χ2n) is 7.37. The third-order valence-electron chi connectivity index (χ3n) is 5.15. The van der Waals surface area contributed by atoms with Crippen molar-refractivity contribution in [3.63, 3.8) is 0 Å². The highest BCUT2D eigenvalue weighted by Crippen LogP contribution is 2.35. The Labute approximate surface area is 171 Å². The summed E-state index contributed by atoms with van der Waals surface area (Å²) in [7, 11) is 0. The van der Waals surface area contributed by atoms with Crippen molar-refractivity contribution in [1.82, 2.24) is 15.4 Å². The summed E-state index contributed by atoms with van der Waals surface area (Å²) in [5.74, 6) is -0.889. The molecule has 0 aliphatic carbocycles. The van der Waals surface area contributed by atoms with Gasteiger partial charge in [0, 0.05) is 10.9 Å². The molecule has 3 aromatic rings. The predicted molar refractivity (Wildman–Crippen MR) is 106 cm³/mol. The first kappa shape index (κ1) is 18.1. The van der Waals surface area contributed by atoms with E-state index in [1.165, 1.54) is 12.1 Å². The molecule has 8 nitrogen and oxygen atoms in total. The van der Waals surface area contributed by atoms with E-state index in [0.29, 0.717) is 28.1 Å². The number of nitrogens with one attached hydrogen (secondary N) is 1. The van der Waals surface area contributed by atoms with Crippen LogP contribution in [0.25, 0.3) is 10.9 Å². The number of pyridine rings is 1. The number of imide groups is 1. The van der Waals surface area contributed by atoms with E-state index < -0.39 is 17.7 Å². The molecule has 2 aliphatic rings. The molecule has 0 saturated carbocycles. The lowest BCUT2D eigenvalue weighted by Crippen LogP contribution is -2.46. The molecule has 3 amide bonds. The van der Waals surface area contributed by atoms with Gasteiger partial charge in [-0.05, 0) is 30.2 Å². The fourth-order valence-electron chi connectivity index (χ4n) is 3.71. The van der Waals surface area contributed by atoms with Gasteiger partial charge in [0.2, 0.25) is 6.79 Å². The Morgan fingerprint density at radius 1 is 1.03 bits per heavy atom. The summed E-state index contributed by atoms with van der Waals surface area (Å²) >= 11 is 0. The maximum absolute atomic E-state index is 13.2. The van der Waals surface area contributed by atoms with Crippen LogP contribution in [0.2, 0.25) is 0 Å². The van der Waals surface area contributed by atoms with E-state index >= 15 is 0 Å². The van der Waals surface area contributed by atoms with Gasteiger partial charge >= 0.3 is 0 Å². The molecule has 30 heavy (non-hydrogen) atoms. The fraction of sp³-hybridized carbons (Fsp3) is 0.182. The Morgan fingerprint density at radius 2 is 1.77 bits per heavy atom. The highest BCUT2D eigenvalue weighted by molar-refractivity contribution is 6.27. The molecule has 0 bridgehead atoms. The normalized spacial score (nSPS) is 14.6. The molecule has 0 fully saturated rings. The summed E-state index contributed by atoms with van der Waals surface area (Å²) in [5.41, 5.74) is 4.33. The van der Waals surface area contributed by atoms with Crippen molar-refractivity contribution in [3.05, 3.63) is 64.8 Å². The molecular formula is C22H17N3O5. The lowest BCUT2D eigenvalue weighted by molar-refractivity contribution is 0.0518. The quantitative estimate of drug-likeness (QED) is 0.675. The van der Waals surface area contributed by atoms with Crippen LogP contribution in [0.15, 0.2) is 42.5 Å². The molecule has 150 valence electrons. The zero-order valence-electron chi connectivity index (χ0n) is 16.3. The second kappa shape index (κ2) is 6.55. The Bertz CT molecular complexity index is 1250. The van der Waals surface area contributed by atoms with Crippen LogP contribution >= 0.6 is 0 Å². The van der Waals surface area contributed by atoms with Gasteiger partial charge in [-0.3, -0.25) is 24.8 Å². The minimum Gasteiger partial charge on any atom is -0.454 e. The van der Waals surface area contributed by atoms with Gasteiger partial charge in [0.1, 0.15) is 0 Å². The van der Waals surface area contributed by atoms with E-state index in [1.54, 1.807) is 24.3 Å². The van der Waals surface area contributed by atoms with E-state index in [4.69, 9.17) is 9.47 Å². The van der Waals surface area contributed by atoms with E-state index in [1.807, 2.05) is 19.9 Å². The van der Waals surface area contributed by atoms with Gasteiger partial charge in [-0.25, -0.2) is 0 Å². The summed E-state index contributed by atoms with van der Waals surface area (Å²) < 4.78 is 10.5. The van der Waals surface area contributed by atoms with Crippen molar-refractivity contribution in [2.24, 2.45) is 0 Å². The first-order valence-corrected chi connectivity index (χ1v) is 9.47. The lowest BCUT2D eigenvalue weighted by Gasteiger charge is -2.15. The molecule has 5 rings (SSSR count). The topological polar surface area (TPSA) is 97.8 Å². The zero-order chi connectivity index (χ0) is 21.0. The number of hydrogen-bond donors (Lipinski definition) is 1. The standard InChI is InChI=1S/C22H17N3O5/c1-11(2)19-18-17(13-5-3-4-6-14(13)23-19)21(27)25(22(18)28)24-20(26)12-7-8-15-16(9-12)30-10-29-15/h3-9,11H,10H2,1-2H3,(H,24,26). The van der Waals surface area contributed by atoms with Gasteiger partial charge in [0.05, 0.1) is 22.3 Å². The van der Waals surface area contributed by atoms with E-state index in [2.05, 4.69) is 10.4 Å². The Kier molecular flexibility index (Phi) is 3.95. The molecule has 0 unspecified atom stereocenters. The van der Waals surface area contributed by atoms with Crippen molar-refractivity contribution in [2.45, 2.75) is 19.8 Å². The minimum absolute atomic E-state index is 0.0791. The predicted octanol–water partition coefficient (Wildman–Crippen LogP) is 3.03. The molecule has 0 atom stereocenters. The first-order valence-electron chi connectivity index (χ1n) is 9.47. The van der Waals surface area contributed by atoms with Crippen molar-refractivity contribution in [3.8, 4) is 11.5 Å². The highest BCUT2D eigenvalue weighted by atomic mass is 16.7. The number of rotatable bonds is 3. The second-order valence-corrected chi connectivity index (χ2v) is 7.37. The third-order valence-corrected chi connectivity index (χ3v) is 5.15. The number of carbonyl (C=O) groups excluding carboxylic acids is 3. The van der Waals surface area contributed by atoms with Crippen molar-refractivity contribution in [2.75, 3.05) is 6.79 Å². The van der Waals surface area contributed by atoms with E-state index in [9.17, 15) is 14.4 Å². The molecule has 2 aliphatic heterocycles. The molecule has 1 aromatic heterocycles. The smallest absolute Gasteiger partial charge is 0.282 e. The van der Waals surface area contributed by atoms with Crippen LogP contribution in [0.1, 0.15) is 56.5 Å². The number of fused-ring (bicyclic) bond motifs is 4. The van der Waals surface area contributed by atoms with E-state index in [-0.39, 0.29) is 29.4 Å². The van der Waals surface area contributed by atoms with Crippen LogP contribution in [-0.4, -0.2) is 34.5 Å². The summed E-state index contributed by atoms with van der Waals surface area (Å²) in [6, 6.07) is 11.8. The van der Waals surface area contributed by atoms with Gasteiger partial charge in [-0.1, -0.05) is 32.0 Å². The minimum atomic E-state index is -0.605. The van der Waals surface area contributed by atoms with Crippen LogP contribution in [0.5, 0.6) is 11.5 Å². The number of amides is 3.